The van der Waals surface area contributed by atoms with Crippen LogP contribution < -0.4 is 20.7 Å². The minimum atomic E-state index is -1.42. The Labute approximate surface area is 874 Å². The molecule has 2 amide bonds. The first kappa shape index (κ1) is 141. The zero-order valence-corrected chi connectivity index (χ0v) is 88.6. The number of carbonyl (C=O) groups excluding carboxylic acids is 19. The molecule has 1 rings (SSSR count). The topological polar surface area (TPSA) is 607 Å². The second kappa shape index (κ2) is 91.6. The van der Waals surface area contributed by atoms with Gasteiger partial charge in [-0.15, -0.1) is 0 Å². The lowest BCUT2D eigenvalue weighted by molar-refractivity contribution is -0.172. The van der Waals surface area contributed by atoms with Gasteiger partial charge in [0.1, 0.15) is 96.7 Å². The molecule has 0 bridgehead atoms. The van der Waals surface area contributed by atoms with Crippen LogP contribution in [-0.2, 0) is 173 Å². The lowest BCUT2D eigenvalue weighted by Crippen LogP contribution is -2.33. The van der Waals surface area contributed by atoms with Crippen LogP contribution in [0, 0.1) is 0 Å². The van der Waals surface area contributed by atoms with E-state index in [-0.39, 0.29) is 140 Å². The SMILES string of the molecule is C=C(C)C(=O)OCC(O)CCCCOCCOCCNCC(O)COC(=O)C(=C)C.C=C(C)C(=O)OCC(O)COC(=O)C(=O)OCC(O)COC(=O)C(=C)C.C=C(C)C(=O)OCCOC(=O)C(=O)OCCCOC(=O)C(=O)OCCOC(=O)C(=C)CC.C=C(C)C(=O)SCCOCCSC(=O)CCC(=O)SCCOCCSC(=O)C(=C)C.C=CCOC(=O)CCc1ccc(OC(=O)NCCCCCNC(=O)C(=C)C)cc1. The van der Waals surface area contributed by atoms with Crippen LogP contribution in [0.5, 0.6) is 5.75 Å². The van der Waals surface area contributed by atoms with E-state index >= 15 is 0 Å². The molecule has 7 N–H and O–H groups in total. The van der Waals surface area contributed by atoms with E-state index in [0.29, 0.717) is 155 Å². The number of amides is 2. The Morgan fingerprint density at radius 1 is 0.333 bits per heavy atom. The molecular weight excluding hydrogens is 2020 g/mol. The third-order valence-electron chi connectivity index (χ3n) is 16.5. The summed E-state index contributed by atoms with van der Waals surface area (Å²) in [6, 6.07) is 6.99. The third-order valence-corrected chi connectivity index (χ3v) is 20.3. The Morgan fingerprint density at radius 3 is 1.09 bits per heavy atom. The number of hydrogen-bond donors (Lipinski definition) is 7. The molecule has 0 aliphatic carbocycles. The summed E-state index contributed by atoms with van der Waals surface area (Å²) < 4.78 is 87.3. The van der Waals surface area contributed by atoms with Gasteiger partial charge in [-0.1, -0.05) is 138 Å². The van der Waals surface area contributed by atoms with E-state index in [1.807, 2.05) is 12.1 Å². The fourth-order valence-corrected chi connectivity index (χ4v) is 11.3. The molecule has 0 aliphatic rings. The molecule has 1 aromatic rings. The maximum Gasteiger partial charge on any atom is 0.417 e. The quantitative estimate of drug-likeness (QED) is 0.00843. The number of benzene rings is 1. The molecule has 147 heavy (non-hydrogen) atoms. The molecule has 4 atom stereocenters. The number of hydrogen-bond acceptors (Lipinski definition) is 46. The van der Waals surface area contributed by atoms with Gasteiger partial charge in [-0.05, 0) is 136 Å². The first-order valence-electron chi connectivity index (χ1n) is 46.0. The van der Waals surface area contributed by atoms with E-state index in [2.05, 4.69) is 124 Å². The van der Waals surface area contributed by atoms with Crippen molar-refractivity contribution in [2.45, 2.75) is 164 Å². The van der Waals surface area contributed by atoms with E-state index in [9.17, 15) is 112 Å². The van der Waals surface area contributed by atoms with Crippen molar-refractivity contribution in [2.75, 3.05) is 188 Å². The molecule has 48 heteroatoms. The summed E-state index contributed by atoms with van der Waals surface area (Å²) in [4.78, 5) is 216. The second-order valence-corrected chi connectivity index (χ2v) is 35.1. The summed E-state index contributed by atoms with van der Waals surface area (Å²) in [7, 11) is 0. The highest BCUT2D eigenvalue weighted by Crippen LogP contribution is 2.18. The van der Waals surface area contributed by atoms with Crippen molar-refractivity contribution in [1.82, 2.24) is 16.0 Å². The molecule has 0 aromatic heterocycles. The minimum absolute atomic E-state index is 0.00892. The molecule has 0 fully saturated rings. The predicted octanol–water partition coefficient (Wildman–Crippen LogP) is 7.24. The monoisotopic (exact) mass is 2160 g/mol. The van der Waals surface area contributed by atoms with Gasteiger partial charge in [-0.2, -0.15) is 0 Å². The van der Waals surface area contributed by atoms with Crippen LogP contribution in [0.2, 0.25) is 0 Å². The van der Waals surface area contributed by atoms with Gasteiger partial charge in [-0.25, -0.2) is 62.3 Å². The Balaban J connectivity index is -0.000000871. The van der Waals surface area contributed by atoms with E-state index < -0.39 is 129 Å². The number of rotatable bonds is 72. The molecule has 0 saturated carbocycles. The molecular formula is C99H145N3O41S4. The fraction of sp³-hybridized carbons (Fsp3) is 0.545. The standard InChI is InChI=1S/C22H30N2O5.C21H37NO8.C20H26O12.C20H30O6S4.C16H22O10/c1-4-16-28-20(25)13-10-18-8-11-19(12-9-18)29-22(27)24-15-7-5-6-14-23-21(26)17(2)3;1-16(2)20(25)29-14-18(23)7-5-6-9-27-11-12-28-10-8-22-13-19(24)15-30-21(26)17(3)4;1-5-14(4)16(22)30-10-12-32-20(26)18(24)28-8-6-7-27-17(23)19(25)31-11-9-29-15(21)13(2)3;1-15(2)19(23)29-13-9-25-7-11-27-17(21)5-6-18(22)28-12-8-26-10-14-30-20(24)16(3)4;1-9(2)13(19)23-5-11(17)7-25-15(21)16(22)26-8-12(18)6-24-14(20)10(3)4/h4,8-9,11-12H,1-2,5-7,10,13-16H2,3H3,(H,23,26)(H,24,27);18-19,22-24H,1,3,5-15H2,2,4H3;2,4-12H2,1,3H3;1,3,5-14H2,2,4H3;11-12,17-18H,1,3,5-8H2,2,4H3. The van der Waals surface area contributed by atoms with Crippen molar-refractivity contribution in [2.24, 2.45) is 0 Å². The highest BCUT2D eigenvalue weighted by atomic mass is 32.2. The molecule has 44 nitrogen and oxygen atoms in total. The Morgan fingerprint density at radius 2 is 0.687 bits per heavy atom. The van der Waals surface area contributed by atoms with Crippen molar-refractivity contribution in [1.29, 1.82) is 0 Å². The summed E-state index contributed by atoms with van der Waals surface area (Å²) >= 11 is 4.65. The molecule has 0 radical (unpaired) electrons. The Hall–Kier alpha value is -11.8. The van der Waals surface area contributed by atoms with Gasteiger partial charge < -0.3 is 122 Å². The Kier molecular flexibility index (Phi) is 88.2. The van der Waals surface area contributed by atoms with Gasteiger partial charge in [0.2, 0.25) is 16.1 Å². The van der Waals surface area contributed by atoms with E-state index in [0.717, 1.165) is 61.2 Å². The second-order valence-electron chi connectivity index (χ2n) is 30.7. The lowest BCUT2D eigenvalue weighted by Gasteiger charge is -2.13. The highest BCUT2D eigenvalue weighted by Gasteiger charge is 2.25. The molecule has 1 aromatic carbocycles. The molecule has 0 aliphatic heterocycles. The number of ether oxygens (including phenoxy) is 18. The summed E-state index contributed by atoms with van der Waals surface area (Å²) in [5.41, 5.74) is 3.78. The average molecular weight is 2160 g/mol. The number of nitrogens with one attached hydrogen (secondary N) is 3. The number of esters is 13. The van der Waals surface area contributed by atoms with Crippen molar-refractivity contribution in [3.8, 4) is 5.75 Å². The summed E-state index contributed by atoms with van der Waals surface area (Å²) in [5.74, 6) is -9.54. The highest BCUT2D eigenvalue weighted by molar-refractivity contribution is 8.14. The fourth-order valence-electron chi connectivity index (χ4n) is 8.65. The van der Waals surface area contributed by atoms with Crippen LogP contribution in [0.15, 0.2) is 146 Å². The van der Waals surface area contributed by atoms with Crippen molar-refractivity contribution in [3.63, 3.8) is 0 Å². The van der Waals surface area contributed by atoms with Crippen LogP contribution in [0.1, 0.15) is 139 Å². The van der Waals surface area contributed by atoms with E-state index in [1.54, 1.807) is 53.7 Å². The number of unbranched alkanes of at least 4 members (excludes halogenated alkanes) is 3. The number of aryl methyl sites for hydroxylation is 1. The number of thioether (sulfide) groups is 4. The van der Waals surface area contributed by atoms with Gasteiger partial charge in [0.15, 0.2) is 10.2 Å². The molecule has 0 saturated heterocycles. The van der Waals surface area contributed by atoms with E-state index in [1.165, 1.54) is 50.4 Å². The van der Waals surface area contributed by atoms with Gasteiger partial charge in [0.05, 0.1) is 65.6 Å². The summed E-state index contributed by atoms with van der Waals surface area (Å²) in [6.07, 6.45) is 3.10. The van der Waals surface area contributed by atoms with Crippen LogP contribution >= 0.6 is 47.0 Å². The van der Waals surface area contributed by atoms with Gasteiger partial charge in [0, 0.05) is 120 Å². The number of aliphatic hydroxyl groups is 4. The smallest absolute Gasteiger partial charge is 0.417 e. The summed E-state index contributed by atoms with van der Waals surface area (Å²) in [6.45, 7) is 50.6. The largest absolute Gasteiger partial charge is 0.461 e. The third kappa shape index (κ3) is 88.1. The maximum atomic E-state index is 11.8. The van der Waals surface area contributed by atoms with Gasteiger partial charge in [0.25, 0.3) is 0 Å². The van der Waals surface area contributed by atoms with Crippen molar-refractivity contribution < 1.29 is 197 Å². The Bertz CT molecular complexity index is 4250. The first-order valence-corrected chi connectivity index (χ1v) is 49.9. The van der Waals surface area contributed by atoms with E-state index in [4.69, 9.17) is 42.6 Å². The lowest BCUT2D eigenvalue weighted by atomic mass is 10.1. The molecule has 0 spiro atoms. The first-order chi connectivity index (χ1) is 69.5. The normalized spacial score (nSPS) is 11.0. The van der Waals surface area contributed by atoms with Crippen LogP contribution in [0.25, 0.3) is 0 Å². The van der Waals surface area contributed by atoms with Crippen LogP contribution in [0.3, 0.4) is 0 Å². The molecule has 0 heterocycles. The molecule has 4 unspecified atom stereocenters. The van der Waals surface area contributed by atoms with Crippen molar-refractivity contribution in [3.05, 3.63) is 152 Å². The maximum absolute atomic E-state index is 11.8. The van der Waals surface area contributed by atoms with Crippen LogP contribution in [-0.4, -0.2) is 343 Å². The minimum Gasteiger partial charge on any atom is -0.461 e. The van der Waals surface area contributed by atoms with Crippen molar-refractivity contribution >= 4 is 157 Å². The molecule has 826 valence electrons. The number of carbonyl (C=O) groups is 19. The average Bonchev–Trinajstić information content (AvgIpc) is 0.893. The van der Waals surface area contributed by atoms with Gasteiger partial charge in [-0.3, -0.25) is 28.8 Å². The zero-order valence-electron chi connectivity index (χ0n) is 85.3. The predicted molar refractivity (Wildman–Crippen MR) is 544 cm³/mol. The number of aliphatic hydroxyl groups excluding tert-OH is 4. The zero-order chi connectivity index (χ0) is 112. The van der Waals surface area contributed by atoms with Crippen LogP contribution in [0.4, 0.5) is 4.79 Å². The summed E-state index contributed by atoms with van der Waals surface area (Å²) in [5, 5.41) is 46.6. The van der Waals surface area contributed by atoms with Gasteiger partial charge >= 0.3 is 83.7 Å².